The summed E-state index contributed by atoms with van der Waals surface area (Å²) in [5.41, 5.74) is 5.28. The molecular weight excluding hydrogens is 230 g/mol. The van der Waals surface area contributed by atoms with Crippen molar-refractivity contribution in [2.75, 3.05) is 13.7 Å². The molecule has 0 aromatic rings. The fourth-order valence-corrected chi connectivity index (χ4v) is 2.58. The van der Waals surface area contributed by atoms with Gasteiger partial charge in [0.15, 0.2) is 0 Å². The Kier molecular flexibility index (Phi) is 6.09. The van der Waals surface area contributed by atoms with Crippen LogP contribution in [0.15, 0.2) is 0 Å². The average Bonchev–Trinajstić information content (AvgIpc) is 2.39. The summed E-state index contributed by atoms with van der Waals surface area (Å²) in [6.07, 6.45) is 5.57. The van der Waals surface area contributed by atoms with E-state index in [4.69, 9.17) is 15.2 Å². The Morgan fingerprint density at radius 1 is 1.44 bits per heavy atom. The number of methoxy groups -OCH3 is 1. The van der Waals surface area contributed by atoms with E-state index < -0.39 is 5.54 Å². The third-order valence-electron chi connectivity index (χ3n) is 4.06. The maximum atomic E-state index is 11.7. The van der Waals surface area contributed by atoms with Crippen molar-refractivity contribution in [2.45, 2.75) is 64.0 Å². The van der Waals surface area contributed by atoms with Crippen molar-refractivity contribution in [3.63, 3.8) is 0 Å². The maximum absolute atomic E-state index is 11.7. The minimum atomic E-state index is -0.842. The van der Waals surface area contributed by atoms with E-state index in [-0.39, 0.29) is 12.1 Å². The number of hydrogen-bond acceptors (Lipinski definition) is 4. The van der Waals surface area contributed by atoms with Crippen LogP contribution >= 0.6 is 0 Å². The Morgan fingerprint density at radius 2 is 2.11 bits per heavy atom. The van der Waals surface area contributed by atoms with E-state index in [1.54, 1.807) is 0 Å². The third-order valence-corrected chi connectivity index (χ3v) is 4.06. The molecule has 0 aliphatic heterocycles. The highest BCUT2D eigenvalue weighted by atomic mass is 16.5. The molecule has 18 heavy (non-hydrogen) atoms. The molecule has 1 aliphatic carbocycles. The van der Waals surface area contributed by atoms with E-state index in [1.165, 1.54) is 7.11 Å². The maximum Gasteiger partial charge on any atom is 0.325 e. The fraction of sp³-hybridized carbons (Fsp3) is 0.929. The first-order valence-corrected chi connectivity index (χ1v) is 7.04. The Morgan fingerprint density at radius 3 is 2.67 bits per heavy atom. The Bertz CT molecular complexity index is 266. The molecule has 2 atom stereocenters. The first kappa shape index (κ1) is 15.4. The minimum Gasteiger partial charge on any atom is -0.468 e. The molecule has 1 aliphatic rings. The van der Waals surface area contributed by atoms with Crippen LogP contribution in [0.25, 0.3) is 0 Å². The Balaban J connectivity index is 2.46. The predicted octanol–water partition coefficient (Wildman–Crippen LogP) is 2.25. The third kappa shape index (κ3) is 3.95. The van der Waals surface area contributed by atoms with Crippen LogP contribution in [-0.2, 0) is 14.3 Å². The van der Waals surface area contributed by atoms with Crippen molar-refractivity contribution in [1.82, 2.24) is 0 Å². The van der Waals surface area contributed by atoms with Gasteiger partial charge >= 0.3 is 5.97 Å². The van der Waals surface area contributed by atoms with E-state index in [9.17, 15) is 4.79 Å². The standard InChI is InChI=1S/C14H27NO3/c1-4-11(5-2)10-18-12-7-6-8-14(15,9-12)13(16)17-3/h11-12H,4-10,15H2,1-3H3. The lowest BCUT2D eigenvalue weighted by Gasteiger charge is -2.35. The van der Waals surface area contributed by atoms with Gasteiger partial charge in [-0.05, 0) is 25.2 Å². The minimum absolute atomic E-state index is 0.100. The number of hydrogen-bond donors (Lipinski definition) is 1. The monoisotopic (exact) mass is 257 g/mol. The lowest BCUT2D eigenvalue weighted by Crippen LogP contribution is -2.53. The summed E-state index contributed by atoms with van der Waals surface area (Å²) in [7, 11) is 1.39. The molecule has 0 amide bonds. The van der Waals surface area contributed by atoms with Gasteiger partial charge in [0, 0.05) is 13.0 Å². The summed E-state index contributed by atoms with van der Waals surface area (Å²) < 4.78 is 10.7. The highest BCUT2D eigenvalue weighted by Crippen LogP contribution is 2.29. The second-order valence-electron chi connectivity index (χ2n) is 5.38. The van der Waals surface area contributed by atoms with Gasteiger partial charge in [0.05, 0.1) is 13.2 Å². The topological polar surface area (TPSA) is 61.5 Å². The Hall–Kier alpha value is -0.610. The van der Waals surface area contributed by atoms with Gasteiger partial charge in [-0.15, -0.1) is 0 Å². The molecular formula is C14H27NO3. The van der Waals surface area contributed by atoms with Gasteiger partial charge in [0.2, 0.25) is 0 Å². The van der Waals surface area contributed by atoms with Crippen molar-refractivity contribution in [2.24, 2.45) is 11.7 Å². The number of carbonyl (C=O) groups is 1. The van der Waals surface area contributed by atoms with Crippen LogP contribution in [-0.4, -0.2) is 31.3 Å². The number of esters is 1. The molecule has 0 radical (unpaired) electrons. The van der Waals surface area contributed by atoms with Crippen LogP contribution in [0.2, 0.25) is 0 Å². The van der Waals surface area contributed by atoms with Gasteiger partial charge < -0.3 is 15.2 Å². The summed E-state index contributed by atoms with van der Waals surface area (Å²) in [6.45, 7) is 5.13. The smallest absolute Gasteiger partial charge is 0.325 e. The van der Waals surface area contributed by atoms with Crippen molar-refractivity contribution in [3.05, 3.63) is 0 Å². The molecule has 1 rings (SSSR count). The normalized spacial score (nSPS) is 28.4. The number of rotatable bonds is 6. The van der Waals surface area contributed by atoms with Gasteiger partial charge in [-0.3, -0.25) is 4.79 Å². The molecule has 1 saturated carbocycles. The summed E-state index contributed by atoms with van der Waals surface area (Å²) in [5.74, 6) is 0.301. The van der Waals surface area contributed by atoms with Crippen molar-refractivity contribution >= 4 is 5.97 Å². The van der Waals surface area contributed by atoms with Crippen LogP contribution in [0.4, 0.5) is 0 Å². The molecule has 2 unspecified atom stereocenters. The molecule has 4 heteroatoms. The summed E-state index contributed by atoms with van der Waals surface area (Å²) >= 11 is 0. The predicted molar refractivity (Wildman–Crippen MR) is 71.2 cm³/mol. The van der Waals surface area contributed by atoms with Crippen molar-refractivity contribution in [1.29, 1.82) is 0 Å². The van der Waals surface area contributed by atoms with Gasteiger partial charge in [-0.25, -0.2) is 0 Å². The van der Waals surface area contributed by atoms with Crippen LogP contribution in [0.5, 0.6) is 0 Å². The van der Waals surface area contributed by atoms with Gasteiger partial charge in [-0.2, -0.15) is 0 Å². The second-order valence-corrected chi connectivity index (χ2v) is 5.38. The molecule has 0 aromatic heterocycles. The fourth-order valence-electron chi connectivity index (χ4n) is 2.58. The van der Waals surface area contributed by atoms with Crippen LogP contribution in [0.1, 0.15) is 52.4 Å². The molecule has 0 spiro atoms. The van der Waals surface area contributed by atoms with E-state index in [1.807, 2.05) is 0 Å². The number of ether oxygens (including phenoxy) is 2. The van der Waals surface area contributed by atoms with Crippen LogP contribution in [0.3, 0.4) is 0 Å². The SMILES string of the molecule is CCC(CC)COC1CCCC(N)(C(=O)OC)C1. The first-order chi connectivity index (χ1) is 8.55. The van der Waals surface area contributed by atoms with Gasteiger partial charge in [0.25, 0.3) is 0 Å². The van der Waals surface area contributed by atoms with E-state index in [2.05, 4.69) is 13.8 Å². The highest BCUT2D eigenvalue weighted by Gasteiger charge is 2.40. The number of carbonyl (C=O) groups excluding carboxylic acids is 1. The van der Waals surface area contributed by atoms with E-state index >= 15 is 0 Å². The van der Waals surface area contributed by atoms with E-state index in [0.717, 1.165) is 32.3 Å². The summed E-state index contributed by atoms with van der Waals surface area (Å²) in [5, 5.41) is 0. The van der Waals surface area contributed by atoms with Crippen molar-refractivity contribution in [3.8, 4) is 0 Å². The molecule has 0 saturated heterocycles. The largest absolute Gasteiger partial charge is 0.468 e. The summed E-state index contributed by atoms with van der Waals surface area (Å²) in [4.78, 5) is 11.7. The molecule has 0 aromatic carbocycles. The number of nitrogens with two attached hydrogens (primary N) is 1. The zero-order valence-electron chi connectivity index (χ0n) is 11.9. The molecule has 0 heterocycles. The van der Waals surface area contributed by atoms with Crippen LogP contribution < -0.4 is 5.73 Å². The lowest BCUT2D eigenvalue weighted by molar-refractivity contribution is -0.151. The van der Waals surface area contributed by atoms with E-state index in [0.29, 0.717) is 18.8 Å². The second kappa shape index (κ2) is 7.10. The molecule has 0 bridgehead atoms. The molecule has 106 valence electrons. The highest BCUT2D eigenvalue weighted by molar-refractivity contribution is 5.80. The Labute approximate surface area is 110 Å². The average molecular weight is 257 g/mol. The molecule has 1 fully saturated rings. The van der Waals surface area contributed by atoms with Gasteiger partial charge in [-0.1, -0.05) is 26.7 Å². The zero-order valence-corrected chi connectivity index (χ0v) is 11.9. The van der Waals surface area contributed by atoms with Crippen molar-refractivity contribution < 1.29 is 14.3 Å². The lowest BCUT2D eigenvalue weighted by atomic mass is 9.81. The first-order valence-electron chi connectivity index (χ1n) is 7.04. The molecule has 4 nitrogen and oxygen atoms in total. The zero-order chi connectivity index (χ0) is 13.6. The van der Waals surface area contributed by atoms with Crippen LogP contribution in [0, 0.1) is 5.92 Å². The quantitative estimate of drug-likeness (QED) is 0.741. The molecule has 2 N–H and O–H groups in total. The summed E-state index contributed by atoms with van der Waals surface area (Å²) in [6, 6.07) is 0. The van der Waals surface area contributed by atoms with Gasteiger partial charge in [0.1, 0.15) is 5.54 Å².